The summed E-state index contributed by atoms with van der Waals surface area (Å²) in [6, 6.07) is 0. The van der Waals surface area contributed by atoms with Crippen LogP contribution in [0.1, 0.15) is 39.0 Å². The second kappa shape index (κ2) is 8.78. The molecule has 1 unspecified atom stereocenters. The monoisotopic (exact) mass is 322 g/mol. The fourth-order valence-corrected chi connectivity index (χ4v) is 3.28. The number of rotatable bonds is 6. The summed E-state index contributed by atoms with van der Waals surface area (Å²) in [7, 11) is 0. The molecule has 0 aliphatic carbocycles. The van der Waals surface area contributed by atoms with Crippen molar-refractivity contribution in [2.75, 3.05) is 32.7 Å². The SMILES string of the molecule is CCCC(OC(=O)O)[C@@H]1CCN(CC#CCN2CCCC2)C1=O. The fourth-order valence-electron chi connectivity index (χ4n) is 3.28. The van der Waals surface area contributed by atoms with Crippen molar-refractivity contribution < 1.29 is 19.4 Å². The standard InChI is InChI=1S/C17H26N2O4/c1-2-7-15(23-17(21)22)14-8-13-19(16(14)20)12-6-5-11-18-9-3-4-10-18/h14-15H,2-4,7-13H2,1H3,(H,21,22)/t14-,15?/m0/s1. The molecule has 0 aromatic carbocycles. The Labute approximate surface area is 137 Å². The summed E-state index contributed by atoms with van der Waals surface area (Å²) in [5.74, 6) is 5.82. The fraction of sp³-hybridized carbons (Fsp3) is 0.765. The predicted molar refractivity (Wildman–Crippen MR) is 85.9 cm³/mol. The molecule has 0 saturated carbocycles. The first-order valence-electron chi connectivity index (χ1n) is 8.48. The second-order valence-electron chi connectivity index (χ2n) is 6.20. The molecule has 2 saturated heterocycles. The highest BCUT2D eigenvalue weighted by atomic mass is 16.7. The van der Waals surface area contributed by atoms with Gasteiger partial charge in [-0.3, -0.25) is 9.69 Å². The number of amides is 1. The Kier molecular flexibility index (Phi) is 6.72. The van der Waals surface area contributed by atoms with Crippen LogP contribution in [0.3, 0.4) is 0 Å². The van der Waals surface area contributed by atoms with E-state index in [-0.39, 0.29) is 11.8 Å². The highest BCUT2D eigenvalue weighted by Crippen LogP contribution is 2.26. The third-order valence-electron chi connectivity index (χ3n) is 4.51. The molecule has 2 heterocycles. The molecule has 2 aliphatic heterocycles. The van der Waals surface area contributed by atoms with Gasteiger partial charge >= 0.3 is 6.16 Å². The van der Waals surface area contributed by atoms with Gasteiger partial charge in [0.25, 0.3) is 0 Å². The van der Waals surface area contributed by atoms with Gasteiger partial charge in [-0.05, 0) is 38.8 Å². The summed E-state index contributed by atoms with van der Waals surface area (Å²) >= 11 is 0. The largest absolute Gasteiger partial charge is 0.506 e. The van der Waals surface area contributed by atoms with E-state index in [9.17, 15) is 9.59 Å². The van der Waals surface area contributed by atoms with Crippen molar-refractivity contribution >= 4 is 12.1 Å². The first-order valence-corrected chi connectivity index (χ1v) is 8.48. The van der Waals surface area contributed by atoms with Crippen LogP contribution in [0.4, 0.5) is 4.79 Å². The van der Waals surface area contributed by atoms with Crippen molar-refractivity contribution in [2.24, 2.45) is 5.92 Å². The Morgan fingerprint density at radius 1 is 1.30 bits per heavy atom. The Balaban J connectivity index is 1.82. The maximum atomic E-state index is 12.4. The molecule has 6 nitrogen and oxygen atoms in total. The van der Waals surface area contributed by atoms with E-state index in [1.165, 1.54) is 12.8 Å². The lowest BCUT2D eigenvalue weighted by atomic mass is 9.97. The summed E-state index contributed by atoms with van der Waals surface area (Å²) in [6.45, 7) is 6.01. The van der Waals surface area contributed by atoms with Crippen LogP contribution in [0.15, 0.2) is 0 Å². The topological polar surface area (TPSA) is 70.1 Å². The smallest absolute Gasteiger partial charge is 0.450 e. The van der Waals surface area contributed by atoms with E-state index in [0.717, 1.165) is 26.1 Å². The van der Waals surface area contributed by atoms with Crippen molar-refractivity contribution in [1.29, 1.82) is 0 Å². The van der Waals surface area contributed by atoms with Gasteiger partial charge in [0.1, 0.15) is 6.10 Å². The van der Waals surface area contributed by atoms with Gasteiger partial charge in [0.15, 0.2) is 0 Å². The molecule has 2 rings (SSSR count). The number of carbonyl (C=O) groups excluding carboxylic acids is 1. The molecule has 0 aromatic rings. The molecule has 6 heteroatoms. The lowest BCUT2D eigenvalue weighted by molar-refractivity contribution is -0.133. The van der Waals surface area contributed by atoms with E-state index >= 15 is 0 Å². The molecule has 1 N–H and O–H groups in total. The molecule has 2 atom stereocenters. The molecule has 0 radical (unpaired) electrons. The Hall–Kier alpha value is -1.74. The lowest BCUT2D eigenvalue weighted by Crippen LogP contribution is -2.35. The minimum absolute atomic E-state index is 0.0276. The summed E-state index contributed by atoms with van der Waals surface area (Å²) < 4.78 is 4.91. The molecule has 2 aliphatic rings. The minimum atomic E-state index is -1.31. The van der Waals surface area contributed by atoms with Gasteiger partial charge < -0.3 is 14.7 Å². The van der Waals surface area contributed by atoms with E-state index in [1.54, 1.807) is 4.90 Å². The maximum Gasteiger partial charge on any atom is 0.506 e. The van der Waals surface area contributed by atoms with Crippen molar-refractivity contribution in [1.82, 2.24) is 9.80 Å². The van der Waals surface area contributed by atoms with Crippen molar-refractivity contribution in [2.45, 2.75) is 45.1 Å². The highest BCUT2D eigenvalue weighted by Gasteiger charge is 2.38. The van der Waals surface area contributed by atoms with E-state index in [4.69, 9.17) is 9.84 Å². The lowest BCUT2D eigenvalue weighted by Gasteiger charge is -2.21. The van der Waals surface area contributed by atoms with Crippen molar-refractivity contribution in [3.05, 3.63) is 0 Å². The zero-order chi connectivity index (χ0) is 16.7. The van der Waals surface area contributed by atoms with Gasteiger partial charge in [-0.2, -0.15) is 0 Å². The van der Waals surface area contributed by atoms with Gasteiger partial charge in [-0.1, -0.05) is 25.2 Å². The van der Waals surface area contributed by atoms with E-state index in [2.05, 4.69) is 16.7 Å². The quantitative estimate of drug-likeness (QED) is 0.596. The molecule has 1 amide bonds. The zero-order valence-electron chi connectivity index (χ0n) is 13.8. The third kappa shape index (κ3) is 5.14. The van der Waals surface area contributed by atoms with Crippen LogP contribution in [-0.2, 0) is 9.53 Å². The number of ether oxygens (including phenoxy) is 1. The summed E-state index contributed by atoms with van der Waals surface area (Å²) in [6.07, 6.45) is 2.67. The van der Waals surface area contributed by atoms with Gasteiger partial charge in [0, 0.05) is 6.54 Å². The molecule has 128 valence electrons. The minimum Gasteiger partial charge on any atom is -0.450 e. The van der Waals surface area contributed by atoms with Gasteiger partial charge in [0.2, 0.25) is 5.91 Å². The van der Waals surface area contributed by atoms with Gasteiger partial charge in [-0.25, -0.2) is 4.79 Å². The summed E-state index contributed by atoms with van der Waals surface area (Å²) in [4.78, 5) is 27.3. The normalized spacial score (nSPS) is 22.7. The second-order valence-corrected chi connectivity index (χ2v) is 6.20. The van der Waals surface area contributed by atoms with E-state index in [1.807, 2.05) is 6.92 Å². The first-order chi connectivity index (χ1) is 11.1. The zero-order valence-corrected chi connectivity index (χ0v) is 13.8. The van der Waals surface area contributed by atoms with Crippen LogP contribution in [-0.4, -0.2) is 65.8 Å². The van der Waals surface area contributed by atoms with Crippen LogP contribution in [0.2, 0.25) is 0 Å². The van der Waals surface area contributed by atoms with Crippen LogP contribution < -0.4 is 0 Å². The van der Waals surface area contributed by atoms with Crippen LogP contribution in [0.25, 0.3) is 0 Å². The number of carboxylic acid groups (broad SMARTS) is 1. The highest BCUT2D eigenvalue weighted by molar-refractivity contribution is 5.82. The predicted octanol–water partition coefficient (Wildman–Crippen LogP) is 1.80. The Morgan fingerprint density at radius 2 is 2.00 bits per heavy atom. The molecule has 2 fully saturated rings. The van der Waals surface area contributed by atoms with Crippen molar-refractivity contribution in [3.8, 4) is 11.8 Å². The van der Waals surface area contributed by atoms with Crippen LogP contribution in [0, 0.1) is 17.8 Å². The number of carbonyl (C=O) groups is 2. The average Bonchev–Trinajstić information content (AvgIpc) is 3.13. The van der Waals surface area contributed by atoms with Crippen molar-refractivity contribution in [3.63, 3.8) is 0 Å². The molecule has 0 bridgehead atoms. The number of hydrogen-bond donors (Lipinski definition) is 1. The summed E-state index contributed by atoms with van der Waals surface area (Å²) in [5, 5.41) is 8.83. The number of nitrogens with zero attached hydrogens (tertiary/aromatic N) is 2. The first kappa shape index (κ1) is 17.6. The van der Waals surface area contributed by atoms with Crippen LogP contribution >= 0.6 is 0 Å². The molecular weight excluding hydrogens is 296 g/mol. The number of hydrogen-bond acceptors (Lipinski definition) is 4. The molecule has 0 aromatic heterocycles. The van der Waals surface area contributed by atoms with Crippen LogP contribution in [0.5, 0.6) is 0 Å². The molecular formula is C17H26N2O4. The molecule has 23 heavy (non-hydrogen) atoms. The number of likely N-dealkylation sites (tertiary alicyclic amines) is 2. The van der Waals surface area contributed by atoms with Gasteiger partial charge in [-0.15, -0.1) is 0 Å². The average molecular weight is 322 g/mol. The van der Waals surface area contributed by atoms with E-state index in [0.29, 0.717) is 25.9 Å². The Morgan fingerprint density at radius 3 is 2.65 bits per heavy atom. The van der Waals surface area contributed by atoms with Gasteiger partial charge in [0.05, 0.1) is 19.0 Å². The molecule has 0 spiro atoms. The Bertz CT molecular complexity index is 477. The maximum absolute atomic E-state index is 12.4. The third-order valence-corrected chi connectivity index (χ3v) is 4.51. The van der Waals surface area contributed by atoms with E-state index < -0.39 is 12.3 Å². The summed E-state index contributed by atoms with van der Waals surface area (Å²) in [5.41, 5.74) is 0.